The van der Waals surface area contributed by atoms with E-state index in [0.717, 1.165) is 13.0 Å². The van der Waals surface area contributed by atoms with Crippen molar-refractivity contribution >= 4 is 27.1 Å². The molecule has 208 valence electrons. The minimum Gasteiger partial charge on any atom is -0.336 e. The first-order valence-electron chi connectivity index (χ1n) is 15.7. The van der Waals surface area contributed by atoms with Gasteiger partial charge >= 0.3 is 0 Å². The molecule has 0 saturated heterocycles. The van der Waals surface area contributed by atoms with Crippen molar-refractivity contribution in [3.63, 3.8) is 0 Å². The molecule has 1 aliphatic heterocycles. The molecule has 0 saturated carbocycles. The summed E-state index contributed by atoms with van der Waals surface area (Å²) in [6.45, 7) is 10.6. The van der Waals surface area contributed by atoms with Crippen molar-refractivity contribution in [3.05, 3.63) is 137 Å². The number of nitrogens with zero attached hydrogens (tertiary/aromatic N) is 1. The molecule has 0 spiro atoms. The van der Waals surface area contributed by atoms with Crippen molar-refractivity contribution in [2.75, 3.05) is 0 Å². The Morgan fingerprint density at radius 1 is 0.698 bits per heavy atom. The second kappa shape index (κ2) is 8.71. The van der Waals surface area contributed by atoms with Crippen LogP contribution in [-0.2, 0) is 18.4 Å². The van der Waals surface area contributed by atoms with Crippen LogP contribution in [0.25, 0.3) is 60.6 Å². The molecule has 5 aromatic carbocycles. The standard InChI is InChI=1S/C42H35N/c1-25-23-35-39-41(43-22-12-19-29(26(25)2)40(35)43)34-21-20-28(24-36(34)42(39,3)4)38-32-17-10-8-15-30(32)37(27-13-6-5-7-14-27)31-16-9-11-18-33(31)38/h5-21,24-25H,22-23H2,1-4H3. The molecule has 0 bridgehead atoms. The van der Waals surface area contributed by atoms with Crippen LogP contribution in [-0.4, -0.2) is 4.57 Å². The Hall–Kier alpha value is -4.62. The van der Waals surface area contributed by atoms with Gasteiger partial charge in [-0.25, -0.2) is 0 Å². The average molecular weight is 554 g/mol. The van der Waals surface area contributed by atoms with Crippen LogP contribution in [0.4, 0.5) is 0 Å². The van der Waals surface area contributed by atoms with Crippen LogP contribution in [0, 0.1) is 5.92 Å². The number of aromatic nitrogens is 1. The third-order valence-corrected chi connectivity index (χ3v) is 10.7. The molecular weight excluding hydrogens is 518 g/mol. The summed E-state index contributed by atoms with van der Waals surface area (Å²) in [6.07, 6.45) is 5.87. The zero-order valence-corrected chi connectivity index (χ0v) is 25.3. The van der Waals surface area contributed by atoms with Crippen LogP contribution in [0.3, 0.4) is 0 Å². The zero-order valence-electron chi connectivity index (χ0n) is 25.3. The molecule has 0 fully saturated rings. The van der Waals surface area contributed by atoms with Crippen molar-refractivity contribution in [1.82, 2.24) is 4.57 Å². The molecule has 1 atom stereocenters. The normalized spacial score (nSPS) is 17.8. The molecule has 1 aromatic heterocycles. The predicted molar refractivity (Wildman–Crippen MR) is 182 cm³/mol. The second-order valence-electron chi connectivity index (χ2n) is 13.4. The van der Waals surface area contributed by atoms with Gasteiger partial charge in [0.25, 0.3) is 0 Å². The maximum Gasteiger partial charge on any atom is 0.0535 e. The quantitative estimate of drug-likeness (QED) is 0.188. The number of fused-ring (bicyclic) bond motifs is 7. The Kier molecular flexibility index (Phi) is 5.05. The van der Waals surface area contributed by atoms with Crippen molar-refractivity contribution in [2.45, 2.75) is 46.1 Å². The SMILES string of the molecule is CC1=C2C=CCn3c2c(c2c3-c3ccc(-c4c5ccccc5c(-c5ccccc5)c5ccccc45)cc3C2(C)C)CC1C. The molecule has 0 N–H and O–H groups in total. The summed E-state index contributed by atoms with van der Waals surface area (Å²) in [4.78, 5) is 0. The van der Waals surface area contributed by atoms with Crippen LogP contribution in [0.15, 0.2) is 115 Å². The molecule has 0 radical (unpaired) electrons. The van der Waals surface area contributed by atoms with Crippen molar-refractivity contribution < 1.29 is 0 Å². The summed E-state index contributed by atoms with van der Waals surface area (Å²) >= 11 is 0. The summed E-state index contributed by atoms with van der Waals surface area (Å²) in [5.74, 6) is 0.570. The van der Waals surface area contributed by atoms with Gasteiger partial charge in [0.15, 0.2) is 0 Å². The molecule has 1 heteroatoms. The van der Waals surface area contributed by atoms with Crippen molar-refractivity contribution in [3.8, 4) is 33.5 Å². The minimum absolute atomic E-state index is 0.0635. The van der Waals surface area contributed by atoms with E-state index in [0.29, 0.717) is 5.92 Å². The molecule has 2 heterocycles. The highest BCUT2D eigenvalue weighted by Gasteiger charge is 2.44. The first kappa shape index (κ1) is 24.9. The van der Waals surface area contributed by atoms with E-state index in [2.05, 4.69) is 141 Å². The Labute approximate surface area is 253 Å². The van der Waals surface area contributed by atoms with Gasteiger partial charge in [-0.15, -0.1) is 0 Å². The summed E-state index contributed by atoms with van der Waals surface area (Å²) in [6, 6.07) is 36.2. The van der Waals surface area contributed by atoms with E-state index in [1.807, 2.05) is 0 Å². The lowest BCUT2D eigenvalue weighted by atomic mass is 9.75. The fourth-order valence-electron chi connectivity index (χ4n) is 8.62. The number of hydrogen-bond donors (Lipinski definition) is 0. The lowest BCUT2D eigenvalue weighted by Gasteiger charge is -2.30. The Balaban J connectivity index is 1.32. The van der Waals surface area contributed by atoms with Gasteiger partial charge in [0.1, 0.15) is 0 Å². The van der Waals surface area contributed by atoms with E-state index in [-0.39, 0.29) is 5.41 Å². The summed E-state index contributed by atoms with van der Waals surface area (Å²) in [5.41, 5.74) is 17.1. The van der Waals surface area contributed by atoms with E-state index in [1.54, 1.807) is 11.1 Å². The zero-order chi connectivity index (χ0) is 29.0. The van der Waals surface area contributed by atoms with Gasteiger partial charge in [0.2, 0.25) is 0 Å². The Morgan fingerprint density at radius 3 is 1.95 bits per heavy atom. The van der Waals surface area contributed by atoms with E-state index in [1.165, 1.54) is 77.5 Å². The number of rotatable bonds is 2. The Bertz CT molecular complexity index is 2160. The topological polar surface area (TPSA) is 4.93 Å². The predicted octanol–water partition coefficient (Wildman–Crippen LogP) is 11.0. The summed E-state index contributed by atoms with van der Waals surface area (Å²) in [5, 5.41) is 5.25. The summed E-state index contributed by atoms with van der Waals surface area (Å²) in [7, 11) is 0. The van der Waals surface area contributed by atoms with Crippen molar-refractivity contribution in [1.29, 1.82) is 0 Å². The van der Waals surface area contributed by atoms with Gasteiger partial charge < -0.3 is 4.57 Å². The molecular formula is C42H35N. The van der Waals surface area contributed by atoms with E-state index < -0.39 is 0 Å². The molecule has 3 aliphatic rings. The number of benzene rings is 5. The highest BCUT2D eigenvalue weighted by Crippen LogP contribution is 2.57. The van der Waals surface area contributed by atoms with Crippen LogP contribution < -0.4 is 0 Å². The van der Waals surface area contributed by atoms with Gasteiger partial charge in [-0.2, -0.15) is 0 Å². The van der Waals surface area contributed by atoms with Gasteiger partial charge in [-0.3, -0.25) is 0 Å². The third kappa shape index (κ3) is 3.23. The molecule has 9 rings (SSSR count). The van der Waals surface area contributed by atoms with Crippen LogP contribution in [0.2, 0.25) is 0 Å². The first-order valence-corrected chi connectivity index (χ1v) is 15.7. The highest BCUT2D eigenvalue weighted by atomic mass is 15.0. The van der Waals surface area contributed by atoms with E-state index in [4.69, 9.17) is 0 Å². The molecule has 2 aliphatic carbocycles. The van der Waals surface area contributed by atoms with Gasteiger partial charge in [-0.05, 0) is 91.4 Å². The first-order chi connectivity index (χ1) is 20.9. The third-order valence-electron chi connectivity index (χ3n) is 10.7. The molecule has 43 heavy (non-hydrogen) atoms. The Morgan fingerprint density at radius 2 is 1.30 bits per heavy atom. The molecule has 0 amide bonds. The van der Waals surface area contributed by atoms with E-state index >= 15 is 0 Å². The van der Waals surface area contributed by atoms with Crippen LogP contribution >= 0.6 is 0 Å². The maximum absolute atomic E-state index is 2.63. The highest BCUT2D eigenvalue weighted by molar-refractivity contribution is 6.21. The van der Waals surface area contributed by atoms with Gasteiger partial charge in [0.05, 0.1) is 11.4 Å². The molecule has 1 nitrogen and oxygen atoms in total. The van der Waals surface area contributed by atoms with E-state index in [9.17, 15) is 0 Å². The maximum atomic E-state index is 2.63. The van der Waals surface area contributed by atoms with Gasteiger partial charge in [0, 0.05) is 17.5 Å². The molecule has 1 unspecified atom stereocenters. The fraction of sp³-hybridized carbons (Fsp3) is 0.190. The van der Waals surface area contributed by atoms with Gasteiger partial charge in [-0.1, -0.05) is 129 Å². The smallest absolute Gasteiger partial charge is 0.0535 e. The minimum atomic E-state index is -0.0635. The lowest BCUT2D eigenvalue weighted by Crippen LogP contribution is -2.21. The number of hydrogen-bond acceptors (Lipinski definition) is 0. The monoisotopic (exact) mass is 553 g/mol. The van der Waals surface area contributed by atoms with Crippen molar-refractivity contribution in [2.24, 2.45) is 5.92 Å². The van der Waals surface area contributed by atoms with Crippen LogP contribution in [0.5, 0.6) is 0 Å². The van der Waals surface area contributed by atoms with Crippen LogP contribution in [0.1, 0.15) is 50.1 Å². The molecule has 6 aromatic rings. The average Bonchev–Trinajstić information content (AvgIpc) is 3.49. The summed E-state index contributed by atoms with van der Waals surface area (Å²) < 4.78 is 2.63. The second-order valence-corrected chi connectivity index (χ2v) is 13.4. The fourth-order valence-corrected chi connectivity index (χ4v) is 8.62. The number of allylic oxidation sites excluding steroid dienone is 4. The largest absolute Gasteiger partial charge is 0.336 e. The lowest BCUT2D eigenvalue weighted by molar-refractivity contribution is 0.619.